The summed E-state index contributed by atoms with van der Waals surface area (Å²) in [5.74, 6) is 2.35. The van der Waals surface area contributed by atoms with E-state index in [9.17, 15) is 0 Å². The Hall–Kier alpha value is -1.36. The third-order valence-electron chi connectivity index (χ3n) is 3.39. The third kappa shape index (κ3) is 2.66. The van der Waals surface area contributed by atoms with Crippen molar-refractivity contribution in [2.45, 2.75) is 26.4 Å². The van der Waals surface area contributed by atoms with E-state index < -0.39 is 0 Å². The number of nitrogens with one attached hydrogen (secondary N) is 2. The molecule has 5 heteroatoms. The monoisotopic (exact) mass is 236 g/mol. The Morgan fingerprint density at radius 3 is 2.82 bits per heavy atom. The van der Waals surface area contributed by atoms with E-state index in [4.69, 9.17) is 4.74 Å². The Balaban J connectivity index is 1.99. The van der Waals surface area contributed by atoms with Crippen LogP contribution >= 0.6 is 0 Å². The first-order valence-corrected chi connectivity index (χ1v) is 6.07. The second-order valence-electron chi connectivity index (χ2n) is 4.45. The van der Waals surface area contributed by atoms with Crippen LogP contribution in [0, 0.1) is 12.8 Å². The molecule has 0 aromatic carbocycles. The molecule has 2 heterocycles. The summed E-state index contributed by atoms with van der Waals surface area (Å²) in [6, 6.07) is 0. The van der Waals surface area contributed by atoms with Crippen molar-refractivity contribution < 1.29 is 4.74 Å². The summed E-state index contributed by atoms with van der Waals surface area (Å²) in [4.78, 5) is 8.44. The minimum Gasteiger partial charge on any atom is -0.378 e. The van der Waals surface area contributed by atoms with E-state index >= 15 is 0 Å². The van der Waals surface area contributed by atoms with Crippen LogP contribution in [0.15, 0.2) is 6.33 Å². The lowest BCUT2D eigenvalue weighted by Crippen LogP contribution is -2.21. The van der Waals surface area contributed by atoms with Crippen LogP contribution in [-0.4, -0.2) is 36.3 Å². The van der Waals surface area contributed by atoms with Gasteiger partial charge in [-0.2, -0.15) is 0 Å². The summed E-state index contributed by atoms with van der Waals surface area (Å²) in [5.41, 5.74) is 1.06. The summed E-state index contributed by atoms with van der Waals surface area (Å²) in [6.07, 6.45) is 3.04. The minimum atomic E-state index is 0.341. The van der Waals surface area contributed by atoms with Crippen molar-refractivity contribution in [3.8, 4) is 0 Å². The van der Waals surface area contributed by atoms with Gasteiger partial charge in [0.15, 0.2) is 0 Å². The van der Waals surface area contributed by atoms with Gasteiger partial charge in [-0.25, -0.2) is 9.97 Å². The van der Waals surface area contributed by atoms with Crippen molar-refractivity contribution in [2.75, 3.05) is 30.8 Å². The van der Waals surface area contributed by atoms with E-state index in [-0.39, 0.29) is 0 Å². The minimum absolute atomic E-state index is 0.341. The molecule has 1 saturated heterocycles. The summed E-state index contributed by atoms with van der Waals surface area (Å²) in [7, 11) is 1.87. The standard InChI is InChI=1S/C12H20N4O/c1-8-11(13-3)15-7-16-12(8)14-6-10-4-5-17-9(10)2/h7,9-10H,4-6H2,1-3H3,(H2,13,14,15,16). The molecular formula is C12H20N4O. The molecule has 17 heavy (non-hydrogen) atoms. The number of hydrogen-bond acceptors (Lipinski definition) is 5. The predicted octanol–water partition coefficient (Wildman–Crippen LogP) is 1.66. The van der Waals surface area contributed by atoms with Gasteiger partial charge < -0.3 is 15.4 Å². The Kier molecular flexibility index (Phi) is 3.78. The fourth-order valence-corrected chi connectivity index (χ4v) is 2.15. The molecular weight excluding hydrogens is 216 g/mol. The number of anilines is 2. The molecule has 0 radical (unpaired) electrons. The van der Waals surface area contributed by atoms with Gasteiger partial charge in [0.1, 0.15) is 18.0 Å². The molecule has 1 aliphatic heterocycles. The number of ether oxygens (including phenoxy) is 1. The summed E-state index contributed by atoms with van der Waals surface area (Å²) in [5, 5.41) is 6.45. The quantitative estimate of drug-likeness (QED) is 0.832. The van der Waals surface area contributed by atoms with Gasteiger partial charge in [-0.3, -0.25) is 0 Å². The van der Waals surface area contributed by atoms with E-state index in [1.807, 2.05) is 14.0 Å². The lowest BCUT2D eigenvalue weighted by atomic mass is 10.0. The highest BCUT2D eigenvalue weighted by molar-refractivity contribution is 5.56. The van der Waals surface area contributed by atoms with Crippen molar-refractivity contribution in [3.63, 3.8) is 0 Å². The molecule has 1 aromatic rings. The second kappa shape index (κ2) is 5.31. The molecule has 2 unspecified atom stereocenters. The molecule has 1 aromatic heterocycles. The first kappa shape index (κ1) is 12.1. The maximum absolute atomic E-state index is 5.54. The summed E-state index contributed by atoms with van der Waals surface area (Å²) in [6.45, 7) is 5.92. The van der Waals surface area contributed by atoms with Crippen LogP contribution in [-0.2, 0) is 4.74 Å². The number of hydrogen-bond donors (Lipinski definition) is 2. The first-order chi connectivity index (χ1) is 8.22. The molecule has 0 amide bonds. The van der Waals surface area contributed by atoms with Crippen LogP contribution < -0.4 is 10.6 Å². The van der Waals surface area contributed by atoms with E-state index in [1.165, 1.54) is 0 Å². The zero-order chi connectivity index (χ0) is 12.3. The zero-order valence-corrected chi connectivity index (χ0v) is 10.7. The maximum atomic E-state index is 5.54. The van der Waals surface area contributed by atoms with E-state index in [0.29, 0.717) is 12.0 Å². The van der Waals surface area contributed by atoms with Gasteiger partial charge in [-0.05, 0) is 20.3 Å². The molecule has 1 aliphatic rings. The van der Waals surface area contributed by atoms with Gasteiger partial charge in [-0.1, -0.05) is 0 Å². The predicted molar refractivity (Wildman–Crippen MR) is 68.3 cm³/mol. The first-order valence-electron chi connectivity index (χ1n) is 6.07. The fraction of sp³-hybridized carbons (Fsp3) is 0.667. The maximum Gasteiger partial charge on any atom is 0.134 e. The smallest absolute Gasteiger partial charge is 0.134 e. The molecule has 5 nitrogen and oxygen atoms in total. The Morgan fingerprint density at radius 1 is 1.41 bits per heavy atom. The molecule has 0 bridgehead atoms. The Labute approximate surface area is 102 Å². The average Bonchev–Trinajstić information content (AvgIpc) is 2.74. The molecule has 0 spiro atoms. The molecule has 94 valence electrons. The molecule has 2 N–H and O–H groups in total. The molecule has 0 saturated carbocycles. The highest BCUT2D eigenvalue weighted by Crippen LogP contribution is 2.22. The van der Waals surface area contributed by atoms with Gasteiger partial charge in [0.2, 0.25) is 0 Å². The lowest BCUT2D eigenvalue weighted by molar-refractivity contribution is 0.108. The van der Waals surface area contributed by atoms with Crippen molar-refractivity contribution >= 4 is 11.6 Å². The van der Waals surface area contributed by atoms with Crippen LogP contribution in [0.2, 0.25) is 0 Å². The number of aromatic nitrogens is 2. The number of rotatable bonds is 4. The van der Waals surface area contributed by atoms with Crippen molar-refractivity contribution in [3.05, 3.63) is 11.9 Å². The number of nitrogens with zero attached hydrogens (tertiary/aromatic N) is 2. The Morgan fingerprint density at radius 2 is 2.18 bits per heavy atom. The zero-order valence-electron chi connectivity index (χ0n) is 10.7. The van der Waals surface area contributed by atoms with Gasteiger partial charge in [0.25, 0.3) is 0 Å². The summed E-state index contributed by atoms with van der Waals surface area (Å²) >= 11 is 0. The van der Waals surface area contributed by atoms with Crippen LogP contribution in [0.3, 0.4) is 0 Å². The summed E-state index contributed by atoms with van der Waals surface area (Å²) < 4.78 is 5.54. The normalized spacial score (nSPS) is 23.7. The average molecular weight is 236 g/mol. The molecule has 1 fully saturated rings. The largest absolute Gasteiger partial charge is 0.378 e. The highest BCUT2D eigenvalue weighted by Gasteiger charge is 2.24. The van der Waals surface area contributed by atoms with Crippen LogP contribution in [0.25, 0.3) is 0 Å². The topological polar surface area (TPSA) is 59.1 Å². The van der Waals surface area contributed by atoms with Gasteiger partial charge in [-0.15, -0.1) is 0 Å². The Bertz CT molecular complexity index is 383. The van der Waals surface area contributed by atoms with E-state index in [0.717, 1.165) is 36.8 Å². The molecule has 2 atom stereocenters. The SMILES string of the molecule is CNc1ncnc(NCC2CCOC2C)c1C. The second-order valence-corrected chi connectivity index (χ2v) is 4.45. The lowest BCUT2D eigenvalue weighted by Gasteiger charge is -2.16. The van der Waals surface area contributed by atoms with Crippen LogP contribution in [0.5, 0.6) is 0 Å². The van der Waals surface area contributed by atoms with Crippen molar-refractivity contribution in [1.82, 2.24) is 9.97 Å². The van der Waals surface area contributed by atoms with Gasteiger partial charge >= 0.3 is 0 Å². The van der Waals surface area contributed by atoms with Gasteiger partial charge in [0.05, 0.1) is 6.10 Å². The third-order valence-corrected chi connectivity index (χ3v) is 3.39. The molecule has 0 aliphatic carbocycles. The van der Waals surface area contributed by atoms with Crippen molar-refractivity contribution in [2.24, 2.45) is 5.92 Å². The molecule has 2 rings (SSSR count). The van der Waals surface area contributed by atoms with E-state index in [2.05, 4.69) is 27.5 Å². The van der Waals surface area contributed by atoms with Crippen LogP contribution in [0.1, 0.15) is 18.9 Å². The fourth-order valence-electron chi connectivity index (χ4n) is 2.15. The van der Waals surface area contributed by atoms with Crippen molar-refractivity contribution in [1.29, 1.82) is 0 Å². The van der Waals surface area contributed by atoms with E-state index in [1.54, 1.807) is 6.33 Å². The van der Waals surface area contributed by atoms with Crippen LogP contribution in [0.4, 0.5) is 11.6 Å². The van der Waals surface area contributed by atoms with Gasteiger partial charge in [0, 0.05) is 31.7 Å². The highest BCUT2D eigenvalue weighted by atomic mass is 16.5.